The summed E-state index contributed by atoms with van der Waals surface area (Å²) in [6, 6.07) is 7.99. The number of nitro benzene ring substituents is 1. The summed E-state index contributed by atoms with van der Waals surface area (Å²) in [6.07, 6.45) is 0. The number of carbonyl (C=O) groups excluding carboxylic acids is 1. The molecule has 0 spiro atoms. The molecule has 0 aliphatic rings. The smallest absolute Gasteiger partial charge is 0.342 e. The van der Waals surface area contributed by atoms with Gasteiger partial charge in [0.15, 0.2) is 0 Å². The van der Waals surface area contributed by atoms with E-state index in [0.717, 1.165) is 0 Å². The Morgan fingerprint density at radius 2 is 1.96 bits per heavy atom. The van der Waals surface area contributed by atoms with Gasteiger partial charge in [-0.1, -0.05) is 0 Å². The number of ether oxygens (including phenoxy) is 1. The fraction of sp³-hybridized carbons (Fsp3) is 0.0625. The lowest BCUT2D eigenvalue weighted by Gasteiger charge is -2.02. The summed E-state index contributed by atoms with van der Waals surface area (Å²) in [5, 5.41) is 11.4. The molecule has 2 aromatic carbocycles. The third-order valence-electron chi connectivity index (χ3n) is 3.45. The molecular weight excluding hydrogens is 385 g/mol. The second kappa shape index (κ2) is 6.04. The van der Waals surface area contributed by atoms with Crippen LogP contribution in [0.25, 0.3) is 22.3 Å². The molecule has 0 aliphatic heterocycles. The Balaban J connectivity index is 2.33. The minimum atomic E-state index is -0.658. The van der Waals surface area contributed by atoms with Crippen molar-refractivity contribution in [2.45, 2.75) is 0 Å². The van der Waals surface area contributed by atoms with Gasteiger partial charge in [0.25, 0.3) is 5.69 Å². The van der Waals surface area contributed by atoms with Gasteiger partial charge in [0.1, 0.15) is 22.7 Å². The molecular formula is C16H9BrFNO5. The summed E-state index contributed by atoms with van der Waals surface area (Å²) in [5.74, 6) is -0.939. The predicted molar refractivity (Wildman–Crippen MR) is 87.3 cm³/mol. The van der Waals surface area contributed by atoms with Gasteiger partial charge in [-0.05, 0) is 46.3 Å². The number of carbonyl (C=O) groups is 1. The second-order valence-corrected chi connectivity index (χ2v) is 5.72. The van der Waals surface area contributed by atoms with Gasteiger partial charge >= 0.3 is 5.97 Å². The van der Waals surface area contributed by atoms with Gasteiger partial charge in [-0.25, -0.2) is 9.18 Å². The molecule has 1 aromatic heterocycles. The second-order valence-electron chi connectivity index (χ2n) is 4.86. The van der Waals surface area contributed by atoms with Crippen LogP contribution in [0.1, 0.15) is 10.4 Å². The number of methoxy groups -OCH3 is 1. The quantitative estimate of drug-likeness (QED) is 0.366. The summed E-state index contributed by atoms with van der Waals surface area (Å²) in [6.45, 7) is 0. The first-order valence-corrected chi connectivity index (χ1v) is 7.46. The fourth-order valence-electron chi connectivity index (χ4n) is 2.35. The van der Waals surface area contributed by atoms with E-state index in [2.05, 4.69) is 15.9 Å². The fourth-order valence-corrected chi connectivity index (χ4v) is 2.84. The first-order chi connectivity index (χ1) is 11.4. The maximum atomic E-state index is 13.1. The van der Waals surface area contributed by atoms with E-state index in [4.69, 9.17) is 9.15 Å². The predicted octanol–water partition coefficient (Wildman–Crippen LogP) is 4.70. The first-order valence-electron chi connectivity index (χ1n) is 6.67. The molecule has 0 atom stereocenters. The summed E-state index contributed by atoms with van der Waals surface area (Å²) >= 11 is 3.11. The lowest BCUT2D eigenvalue weighted by molar-refractivity contribution is -0.385. The number of nitrogens with zero attached hydrogens (tertiary/aromatic N) is 1. The molecule has 0 saturated heterocycles. The SMILES string of the molecule is COC(=O)c1c(-c2ccc(F)cc2)oc2cc([N+](=O)[O-])c(Br)cc12. The van der Waals surface area contributed by atoms with E-state index in [-0.39, 0.29) is 27.1 Å². The lowest BCUT2D eigenvalue weighted by atomic mass is 10.1. The molecule has 0 amide bonds. The summed E-state index contributed by atoms with van der Waals surface area (Å²) < 4.78 is 23.8. The van der Waals surface area contributed by atoms with E-state index >= 15 is 0 Å². The van der Waals surface area contributed by atoms with E-state index in [0.29, 0.717) is 10.9 Å². The molecule has 0 N–H and O–H groups in total. The molecule has 0 unspecified atom stereocenters. The molecule has 0 bridgehead atoms. The molecule has 0 fully saturated rings. The summed E-state index contributed by atoms with van der Waals surface area (Å²) in [7, 11) is 1.22. The van der Waals surface area contributed by atoms with E-state index in [1.807, 2.05) is 0 Å². The highest BCUT2D eigenvalue weighted by Gasteiger charge is 2.26. The molecule has 0 aliphatic carbocycles. The van der Waals surface area contributed by atoms with Crippen LogP contribution in [-0.2, 0) is 4.74 Å². The molecule has 0 saturated carbocycles. The number of nitro groups is 1. The van der Waals surface area contributed by atoms with Crippen molar-refractivity contribution in [2.75, 3.05) is 7.11 Å². The number of halogens is 2. The summed E-state index contributed by atoms with van der Waals surface area (Å²) in [5.41, 5.74) is 0.532. The van der Waals surface area contributed by atoms with E-state index in [1.54, 1.807) is 0 Å². The zero-order valence-electron chi connectivity index (χ0n) is 12.2. The van der Waals surface area contributed by atoms with Gasteiger partial charge < -0.3 is 9.15 Å². The van der Waals surface area contributed by atoms with Crippen LogP contribution in [0.3, 0.4) is 0 Å². The van der Waals surface area contributed by atoms with Crippen molar-refractivity contribution >= 4 is 38.6 Å². The number of rotatable bonds is 3. The molecule has 3 aromatic rings. The van der Waals surface area contributed by atoms with Crippen molar-refractivity contribution in [1.82, 2.24) is 0 Å². The van der Waals surface area contributed by atoms with Crippen molar-refractivity contribution < 1.29 is 23.3 Å². The van der Waals surface area contributed by atoms with Gasteiger partial charge in [0.05, 0.1) is 22.6 Å². The largest absolute Gasteiger partial charge is 0.465 e. The van der Waals surface area contributed by atoms with Gasteiger partial charge in [-0.15, -0.1) is 0 Å². The highest BCUT2D eigenvalue weighted by Crippen LogP contribution is 2.39. The lowest BCUT2D eigenvalue weighted by Crippen LogP contribution is -2.02. The highest BCUT2D eigenvalue weighted by molar-refractivity contribution is 9.10. The summed E-state index contributed by atoms with van der Waals surface area (Å²) in [4.78, 5) is 22.7. The molecule has 6 nitrogen and oxygen atoms in total. The Morgan fingerprint density at radius 1 is 1.29 bits per heavy atom. The number of esters is 1. The maximum Gasteiger partial charge on any atom is 0.342 e. The molecule has 24 heavy (non-hydrogen) atoms. The Bertz CT molecular complexity index is 965. The van der Waals surface area contributed by atoms with Crippen LogP contribution < -0.4 is 0 Å². The van der Waals surface area contributed by atoms with Crippen molar-refractivity contribution in [1.29, 1.82) is 0 Å². The van der Waals surface area contributed by atoms with Crippen LogP contribution >= 0.6 is 15.9 Å². The number of fused-ring (bicyclic) bond motifs is 1. The van der Waals surface area contributed by atoms with Crippen LogP contribution in [0.15, 0.2) is 45.3 Å². The molecule has 3 rings (SSSR count). The maximum absolute atomic E-state index is 13.1. The molecule has 1 heterocycles. The number of furan rings is 1. The van der Waals surface area contributed by atoms with Crippen LogP contribution in [-0.4, -0.2) is 18.0 Å². The molecule has 8 heteroatoms. The monoisotopic (exact) mass is 393 g/mol. The Labute approximate surface area is 143 Å². The Morgan fingerprint density at radius 3 is 2.54 bits per heavy atom. The number of hydrogen-bond acceptors (Lipinski definition) is 5. The highest BCUT2D eigenvalue weighted by atomic mass is 79.9. The first kappa shape index (κ1) is 16.1. The van der Waals surface area contributed by atoms with Gasteiger partial charge in [-0.2, -0.15) is 0 Å². The zero-order chi connectivity index (χ0) is 17.4. The van der Waals surface area contributed by atoms with Crippen LogP contribution in [0.4, 0.5) is 10.1 Å². The molecule has 122 valence electrons. The number of benzene rings is 2. The van der Waals surface area contributed by atoms with E-state index in [9.17, 15) is 19.3 Å². The van der Waals surface area contributed by atoms with Gasteiger partial charge in [0.2, 0.25) is 0 Å². The average Bonchev–Trinajstić information content (AvgIpc) is 2.92. The van der Waals surface area contributed by atoms with E-state index in [1.165, 1.54) is 43.5 Å². The minimum absolute atomic E-state index is 0.120. The van der Waals surface area contributed by atoms with Crippen molar-refractivity contribution in [3.05, 3.63) is 62.4 Å². The Hall–Kier alpha value is -2.74. The standard InChI is InChI=1S/C16H9BrFNO5/c1-23-16(20)14-10-6-11(17)12(19(21)22)7-13(10)24-15(14)8-2-4-9(18)5-3-8/h2-7H,1H3. The van der Waals surface area contributed by atoms with Crippen molar-refractivity contribution in [2.24, 2.45) is 0 Å². The molecule has 0 radical (unpaired) electrons. The number of hydrogen-bond donors (Lipinski definition) is 0. The van der Waals surface area contributed by atoms with Gasteiger partial charge in [-0.3, -0.25) is 10.1 Å². The topological polar surface area (TPSA) is 82.6 Å². The normalized spacial score (nSPS) is 10.8. The van der Waals surface area contributed by atoms with Crippen molar-refractivity contribution in [3.8, 4) is 11.3 Å². The minimum Gasteiger partial charge on any atom is -0.465 e. The van der Waals surface area contributed by atoms with Crippen LogP contribution in [0, 0.1) is 15.9 Å². The van der Waals surface area contributed by atoms with Gasteiger partial charge in [0, 0.05) is 10.9 Å². The van der Waals surface area contributed by atoms with Crippen LogP contribution in [0.2, 0.25) is 0 Å². The van der Waals surface area contributed by atoms with Crippen molar-refractivity contribution in [3.63, 3.8) is 0 Å². The third kappa shape index (κ3) is 2.65. The Kier molecular flexibility index (Phi) is 4.06. The van der Waals surface area contributed by atoms with E-state index < -0.39 is 16.7 Å². The zero-order valence-corrected chi connectivity index (χ0v) is 13.8. The third-order valence-corrected chi connectivity index (χ3v) is 4.09. The average molecular weight is 394 g/mol. The van der Waals surface area contributed by atoms with Crippen LogP contribution in [0.5, 0.6) is 0 Å².